The first-order chi connectivity index (χ1) is 16.9. The maximum absolute atomic E-state index is 12.8. The normalized spacial score (nSPS) is 21.4. The molecule has 2 aliphatic rings. The number of hydrogen-bond donors (Lipinski definition) is 2. The Morgan fingerprint density at radius 1 is 1.20 bits per heavy atom. The van der Waals surface area contributed by atoms with Crippen LogP contribution in [0.25, 0.3) is 0 Å². The van der Waals surface area contributed by atoms with Gasteiger partial charge >= 0.3 is 0 Å². The summed E-state index contributed by atoms with van der Waals surface area (Å²) in [6, 6.07) is 7.48. The van der Waals surface area contributed by atoms with Crippen molar-refractivity contribution in [3.05, 3.63) is 35.8 Å². The van der Waals surface area contributed by atoms with E-state index < -0.39 is 0 Å². The number of nitrogens with two attached hydrogens (primary N) is 1. The molecule has 8 heteroatoms. The zero-order chi connectivity index (χ0) is 24.8. The van der Waals surface area contributed by atoms with Gasteiger partial charge in [0, 0.05) is 23.9 Å². The predicted octanol–water partition coefficient (Wildman–Crippen LogP) is 3.69. The monoisotopic (exact) mass is 474 g/mol. The van der Waals surface area contributed by atoms with E-state index in [2.05, 4.69) is 27.1 Å². The van der Waals surface area contributed by atoms with Gasteiger partial charge in [0.25, 0.3) is 0 Å². The third kappa shape index (κ3) is 6.37. The highest BCUT2D eigenvalue weighted by atomic mass is 16.5. The quantitative estimate of drug-likeness (QED) is 0.641. The first-order valence-corrected chi connectivity index (χ1v) is 12.2. The number of nitrogens with one attached hydrogen (secondary N) is 1. The standard InChI is InChI=1S/C27H34N6O2/c1-33(2)15-5-8-24-31-23-14-13-20(17-29-25(23)26(28)32-24)18-9-11-19(12-10-18)27(34)30-21-6-4-7-22(16-21)35-3/h4,6-7,16-20H,9-15H2,1-3H3,(H,30,34)(H2,28,31,32). The van der Waals surface area contributed by atoms with Crippen molar-refractivity contribution in [1.82, 2.24) is 14.9 Å². The van der Waals surface area contributed by atoms with Gasteiger partial charge in [-0.15, -0.1) is 0 Å². The van der Waals surface area contributed by atoms with E-state index in [1.807, 2.05) is 49.5 Å². The van der Waals surface area contributed by atoms with Crippen LogP contribution in [0.15, 0.2) is 29.3 Å². The number of fused-ring (bicyclic) bond motifs is 1. The van der Waals surface area contributed by atoms with Crippen LogP contribution in [0, 0.1) is 29.6 Å². The van der Waals surface area contributed by atoms with E-state index in [1.165, 1.54) is 0 Å². The molecule has 0 spiro atoms. The Hall–Kier alpha value is -3.44. The van der Waals surface area contributed by atoms with Crippen molar-refractivity contribution in [2.75, 3.05) is 38.8 Å². The van der Waals surface area contributed by atoms with Crippen LogP contribution >= 0.6 is 0 Å². The predicted molar refractivity (Wildman–Crippen MR) is 139 cm³/mol. The number of aryl methyl sites for hydroxylation is 1. The van der Waals surface area contributed by atoms with E-state index in [0.29, 0.717) is 35.7 Å². The van der Waals surface area contributed by atoms with Gasteiger partial charge in [0.2, 0.25) is 11.7 Å². The van der Waals surface area contributed by atoms with Gasteiger partial charge < -0.3 is 15.8 Å². The molecule has 1 fully saturated rings. The molecule has 8 nitrogen and oxygen atoms in total. The van der Waals surface area contributed by atoms with Crippen molar-refractivity contribution in [1.29, 1.82) is 0 Å². The smallest absolute Gasteiger partial charge is 0.227 e. The Morgan fingerprint density at radius 3 is 2.74 bits per heavy atom. The molecular weight excluding hydrogens is 440 g/mol. The molecule has 1 aliphatic heterocycles. The van der Waals surface area contributed by atoms with Crippen molar-refractivity contribution < 1.29 is 9.53 Å². The van der Waals surface area contributed by atoms with E-state index in [-0.39, 0.29) is 11.8 Å². The number of nitrogen functional groups attached to an aromatic ring is 1. The molecule has 4 rings (SSSR count). The maximum atomic E-state index is 12.8. The van der Waals surface area contributed by atoms with Gasteiger partial charge in [0.1, 0.15) is 11.4 Å². The fourth-order valence-electron chi connectivity index (χ4n) is 4.83. The molecule has 2 heterocycles. The number of carbonyl (C=O) groups excluding carboxylic acids is 1. The lowest BCUT2D eigenvalue weighted by Gasteiger charge is -2.31. The number of benzene rings is 1. The molecule has 35 heavy (non-hydrogen) atoms. The zero-order valence-electron chi connectivity index (χ0n) is 20.8. The topological polar surface area (TPSA) is 106 Å². The lowest BCUT2D eigenvalue weighted by molar-refractivity contribution is -0.121. The van der Waals surface area contributed by atoms with Crippen LogP contribution in [0.1, 0.15) is 43.6 Å². The highest BCUT2D eigenvalue weighted by Gasteiger charge is 2.31. The summed E-state index contributed by atoms with van der Waals surface area (Å²) in [5.74, 6) is 8.62. The van der Waals surface area contributed by atoms with Crippen molar-refractivity contribution in [2.45, 2.75) is 38.5 Å². The molecule has 0 saturated heterocycles. The van der Waals surface area contributed by atoms with Crippen LogP contribution in [0.2, 0.25) is 0 Å². The highest BCUT2D eigenvalue weighted by Crippen LogP contribution is 2.38. The Bertz CT molecular complexity index is 1140. The average Bonchev–Trinajstić information content (AvgIpc) is 3.07. The first-order valence-electron chi connectivity index (χ1n) is 12.2. The highest BCUT2D eigenvalue weighted by molar-refractivity contribution is 5.92. The minimum absolute atomic E-state index is 0.0298. The van der Waals surface area contributed by atoms with Crippen LogP contribution in [-0.4, -0.2) is 54.7 Å². The van der Waals surface area contributed by atoms with Crippen LogP contribution < -0.4 is 15.8 Å². The Morgan fingerprint density at radius 2 is 2.00 bits per heavy atom. The van der Waals surface area contributed by atoms with Crippen molar-refractivity contribution in [2.24, 2.45) is 22.7 Å². The van der Waals surface area contributed by atoms with Crippen LogP contribution in [0.4, 0.5) is 17.2 Å². The first kappa shape index (κ1) is 24.7. The second-order valence-corrected chi connectivity index (χ2v) is 9.58. The molecule has 1 atom stereocenters. The van der Waals surface area contributed by atoms with Gasteiger partial charge in [-0.1, -0.05) is 12.0 Å². The molecule has 1 aromatic carbocycles. The van der Waals surface area contributed by atoms with Gasteiger partial charge in [-0.2, -0.15) is 0 Å². The maximum Gasteiger partial charge on any atom is 0.227 e. The van der Waals surface area contributed by atoms with Gasteiger partial charge in [-0.25, -0.2) is 9.97 Å². The number of aromatic nitrogens is 2. The number of ether oxygens (including phenoxy) is 1. The summed E-state index contributed by atoms with van der Waals surface area (Å²) in [5.41, 5.74) is 8.53. The Kier molecular flexibility index (Phi) is 7.98. The second-order valence-electron chi connectivity index (χ2n) is 9.58. The van der Waals surface area contributed by atoms with Gasteiger partial charge in [-0.3, -0.25) is 14.7 Å². The van der Waals surface area contributed by atoms with Gasteiger partial charge in [0.05, 0.1) is 19.3 Å². The summed E-state index contributed by atoms with van der Waals surface area (Å²) in [6.45, 7) is 0.640. The van der Waals surface area contributed by atoms with Gasteiger partial charge in [0.15, 0.2) is 5.82 Å². The molecule has 1 amide bonds. The SMILES string of the molecule is COc1cccc(NC(=O)C2CCC(C3C=Nc4c(N)nc(C#CCN(C)C)nc4CC3)CC2)c1. The molecule has 1 unspecified atom stereocenters. The number of aliphatic imine (C=N–C) groups is 1. The average molecular weight is 475 g/mol. The molecule has 1 saturated carbocycles. The molecular formula is C27H34N6O2. The zero-order valence-corrected chi connectivity index (χ0v) is 20.8. The number of anilines is 2. The molecule has 2 aromatic rings. The van der Waals surface area contributed by atoms with E-state index in [4.69, 9.17) is 15.5 Å². The van der Waals surface area contributed by atoms with Crippen molar-refractivity contribution in [3.8, 4) is 17.6 Å². The number of carbonyl (C=O) groups is 1. The number of hydrogen-bond acceptors (Lipinski definition) is 7. The largest absolute Gasteiger partial charge is 0.497 e. The van der Waals surface area contributed by atoms with Crippen LogP contribution in [0.5, 0.6) is 5.75 Å². The fourth-order valence-corrected chi connectivity index (χ4v) is 4.83. The molecule has 1 aromatic heterocycles. The third-order valence-electron chi connectivity index (χ3n) is 6.77. The number of amides is 1. The molecule has 1 aliphatic carbocycles. The second kappa shape index (κ2) is 11.3. The van der Waals surface area contributed by atoms with Crippen LogP contribution in [0.3, 0.4) is 0 Å². The summed E-state index contributed by atoms with van der Waals surface area (Å²) in [7, 11) is 5.56. The molecule has 0 bridgehead atoms. The van der Waals surface area contributed by atoms with Crippen molar-refractivity contribution >= 4 is 29.3 Å². The van der Waals surface area contributed by atoms with Gasteiger partial charge in [-0.05, 0) is 82.5 Å². The number of methoxy groups -OCH3 is 1. The summed E-state index contributed by atoms with van der Waals surface area (Å²) < 4.78 is 5.25. The molecule has 0 radical (unpaired) electrons. The molecule has 184 valence electrons. The summed E-state index contributed by atoms with van der Waals surface area (Å²) in [5, 5.41) is 3.05. The Labute approximate surface area is 207 Å². The number of rotatable bonds is 5. The minimum Gasteiger partial charge on any atom is -0.497 e. The summed E-state index contributed by atoms with van der Waals surface area (Å²) in [6.07, 6.45) is 7.56. The van der Waals surface area contributed by atoms with Crippen LogP contribution in [-0.2, 0) is 11.2 Å². The molecule has 3 N–H and O–H groups in total. The lowest BCUT2D eigenvalue weighted by Crippen LogP contribution is -2.30. The van der Waals surface area contributed by atoms with E-state index in [0.717, 1.165) is 55.7 Å². The van der Waals surface area contributed by atoms with E-state index >= 15 is 0 Å². The van der Waals surface area contributed by atoms with E-state index in [9.17, 15) is 4.79 Å². The van der Waals surface area contributed by atoms with Crippen molar-refractivity contribution in [3.63, 3.8) is 0 Å². The minimum atomic E-state index is 0.0298. The van der Waals surface area contributed by atoms with E-state index in [1.54, 1.807) is 7.11 Å². The lowest BCUT2D eigenvalue weighted by atomic mass is 9.74. The number of nitrogens with zero attached hydrogens (tertiary/aromatic N) is 4. The third-order valence-corrected chi connectivity index (χ3v) is 6.77. The summed E-state index contributed by atoms with van der Waals surface area (Å²) >= 11 is 0. The fraction of sp³-hybridized carbons (Fsp3) is 0.481. The Balaban J connectivity index is 1.34. The summed E-state index contributed by atoms with van der Waals surface area (Å²) in [4.78, 5) is 28.5.